The lowest BCUT2D eigenvalue weighted by Gasteiger charge is -2.17. The number of fused-ring (bicyclic) bond motifs is 1. The molecule has 1 aliphatic heterocycles. The fraction of sp³-hybridized carbons (Fsp3) is 0.636. The van der Waals surface area contributed by atoms with Gasteiger partial charge in [0, 0.05) is 12.5 Å². The van der Waals surface area contributed by atoms with Gasteiger partial charge in [-0.3, -0.25) is 0 Å². The zero-order chi connectivity index (χ0) is 10.1. The Hall–Kier alpha value is -1.30. The van der Waals surface area contributed by atoms with Gasteiger partial charge < -0.3 is 4.57 Å². The van der Waals surface area contributed by atoms with Crippen molar-refractivity contribution in [1.82, 2.24) is 9.55 Å². The zero-order valence-corrected chi connectivity index (χ0v) is 8.75. The van der Waals surface area contributed by atoms with Gasteiger partial charge in [0.15, 0.2) is 5.69 Å². The lowest BCUT2D eigenvalue weighted by atomic mass is 10.1. The number of aromatic nitrogens is 2. The van der Waals surface area contributed by atoms with Crippen molar-refractivity contribution in [1.29, 1.82) is 5.26 Å². The quantitative estimate of drug-likeness (QED) is 0.679. The second-order valence-corrected chi connectivity index (χ2v) is 4.14. The van der Waals surface area contributed by atoms with Gasteiger partial charge >= 0.3 is 0 Å². The predicted molar refractivity (Wildman–Crippen MR) is 54.0 cm³/mol. The molecule has 0 fully saturated rings. The van der Waals surface area contributed by atoms with E-state index in [2.05, 4.69) is 29.5 Å². The van der Waals surface area contributed by atoms with E-state index in [9.17, 15) is 0 Å². The van der Waals surface area contributed by atoms with E-state index in [1.54, 1.807) is 0 Å². The summed E-state index contributed by atoms with van der Waals surface area (Å²) in [5.41, 5.74) is 1.80. The lowest BCUT2D eigenvalue weighted by Crippen LogP contribution is -2.13. The maximum Gasteiger partial charge on any atom is 0.161 e. The van der Waals surface area contributed by atoms with Crippen molar-refractivity contribution < 1.29 is 0 Å². The first kappa shape index (κ1) is 9.26. The SMILES string of the molecule is CC(C)c1nc(C#N)c2n1CCCC2. The molecule has 0 atom stereocenters. The van der Waals surface area contributed by atoms with Gasteiger partial charge in [0.2, 0.25) is 0 Å². The first-order chi connectivity index (χ1) is 6.74. The maximum absolute atomic E-state index is 8.96. The van der Waals surface area contributed by atoms with Crippen LogP contribution in [-0.4, -0.2) is 9.55 Å². The Balaban J connectivity index is 2.53. The van der Waals surface area contributed by atoms with Crippen LogP contribution in [0.25, 0.3) is 0 Å². The molecular formula is C11H15N3. The van der Waals surface area contributed by atoms with Crippen molar-refractivity contribution in [3.05, 3.63) is 17.2 Å². The number of imidazole rings is 1. The molecule has 0 spiro atoms. The highest BCUT2D eigenvalue weighted by molar-refractivity contribution is 5.30. The fourth-order valence-corrected chi connectivity index (χ4v) is 2.10. The molecule has 2 rings (SSSR count). The van der Waals surface area contributed by atoms with E-state index < -0.39 is 0 Å². The van der Waals surface area contributed by atoms with Gasteiger partial charge in [0.1, 0.15) is 11.9 Å². The Morgan fingerprint density at radius 2 is 2.21 bits per heavy atom. The van der Waals surface area contributed by atoms with Gasteiger partial charge in [-0.2, -0.15) is 5.26 Å². The topological polar surface area (TPSA) is 41.6 Å². The number of nitrogens with zero attached hydrogens (tertiary/aromatic N) is 3. The van der Waals surface area contributed by atoms with E-state index in [1.807, 2.05) is 0 Å². The van der Waals surface area contributed by atoms with Gasteiger partial charge in [0.05, 0.1) is 5.69 Å². The Bertz CT molecular complexity index is 382. The van der Waals surface area contributed by atoms with Crippen molar-refractivity contribution in [2.45, 2.75) is 45.6 Å². The molecule has 1 aromatic heterocycles. The lowest BCUT2D eigenvalue weighted by molar-refractivity contribution is 0.504. The molecule has 0 aliphatic carbocycles. The first-order valence-corrected chi connectivity index (χ1v) is 5.23. The molecule has 0 N–H and O–H groups in total. The standard InChI is InChI=1S/C11H15N3/c1-8(2)11-13-9(7-12)10-5-3-4-6-14(10)11/h8H,3-6H2,1-2H3. The fourth-order valence-electron chi connectivity index (χ4n) is 2.10. The Labute approximate surface area is 84.4 Å². The number of hydrogen-bond donors (Lipinski definition) is 0. The molecule has 74 valence electrons. The monoisotopic (exact) mass is 189 g/mol. The summed E-state index contributed by atoms with van der Waals surface area (Å²) in [7, 11) is 0. The molecule has 1 aromatic rings. The van der Waals surface area contributed by atoms with Crippen molar-refractivity contribution in [2.75, 3.05) is 0 Å². The molecule has 1 aliphatic rings. The summed E-state index contributed by atoms with van der Waals surface area (Å²) in [5.74, 6) is 1.49. The molecule has 0 unspecified atom stereocenters. The van der Waals surface area contributed by atoms with Crippen molar-refractivity contribution in [3.8, 4) is 6.07 Å². The van der Waals surface area contributed by atoms with Crippen LogP contribution in [0.3, 0.4) is 0 Å². The molecule has 0 saturated carbocycles. The van der Waals surface area contributed by atoms with Crippen LogP contribution in [0.5, 0.6) is 0 Å². The third-order valence-electron chi connectivity index (χ3n) is 2.77. The summed E-state index contributed by atoms with van der Waals surface area (Å²) >= 11 is 0. The molecular weight excluding hydrogens is 174 g/mol. The normalized spacial score (nSPS) is 15.3. The summed E-state index contributed by atoms with van der Waals surface area (Å²) in [6.07, 6.45) is 3.43. The molecule has 3 nitrogen and oxygen atoms in total. The molecule has 2 heterocycles. The van der Waals surface area contributed by atoms with E-state index in [0.717, 1.165) is 24.5 Å². The van der Waals surface area contributed by atoms with Crippen LogP contribution < -0.4 is 0 Å². The van der Waals surface area contributed by atoms with Gasteiger partial charge in [-0.1, -0.05) is 13.8 Å². The minimum absolute atomic E-state index is 0.411. The van der Waals surface area contributed by atoms with E-state index in [4.69, 9.17) is 5.26 Å². The van der Waals surface area contributed by atoms with Crippen molar-refractivity contribution in [2.24, 2.45) is 0 Å². The van der Waals surface area contributed by atoms with Crippen molar-refractivity contribution in [3.63, 3.8) is 0 Å². The van der Waals surface area contributed by atoms with E-state index in [1.165, 1.54) is 12.8 Å². The largest absolute Gasteiger partial charge is 0.331 e. The van der Waals surface area contributed by atoms with Crippen LogP contribution >= 0.6 is 0 Å². The van der Waals surface area contributed by atoms with Crippen LogP contribution in [0.2, 0.25) is 0 Å². The molecule has 0 saturated heterocycles. The average molecular weight is 189 g/mol. The third-order valence-corrected chi connectivity index (χ3v) is 2.77. The minimum Gasteiger partial charge on any atom is -0.331 e. The molecule has 0 amide bonds. The van der Waals surface area contributed by atoms with Gasteiger partial charge in [-0.25, -0.2) is 4.98 Å². The highest BCUT2D eigenvalue weighted by Gasteiger charge is 2.20. The highest BCUT2D eigenvalue weighted by Crippen LogP contribution is 2.24. The van der Waals surface area contributed by atoms with Crippen LogP contribution in [0.1, 0.15) is 49.8 Å². The summed E-state index contributed by atoms with van der Waals surface area (Å²) in [4.78, 5) is 4.41. The second-order valence-electron chi connectivity index (χ2n) is 4.14. The van der Waals surface area contributed by atoms with Gasteiger partial charge in [-0.15, -0.1) is 0 Å². The smallest absolute Gasteiger partial charge is 0.161 e. The second kappa shape index (κ2) is 3.45. The van der Waals surface area contributed by atoms with Crippen LogP contribution in [0.15, 0.2) is 0 Å². The predicted octanol–water partition coefficient (Wildman–Crippen LogP) is 2.21. The average Bonchev–Trinajstić information content (AvgIpc) is 2.56. The van der Waals surface area contributed by atoms with Crippen molar-refractivity contribution >= 4 is 0 Å². The van der Waals surface area contributed by atoms with E-state index in [-0.39, 0.29) is 0 Å². The highest BCUT2D eigenvalue weighted by atomic mass is 15.1. The number of hydrogen-bond acceptors (Lipinski definition) is 2. The molecule has 3 heteroatoms. The Morgan fingerprint density at radius 3 is 2.86 bits per heavy atom. The maximum atomic E-state index is 8.96. The summed E-state index contributed by atoms with van der Waals surface area (Å²) in [6.45, 7) is 5.30. The van der Waals surface area contributed by atoms with Crippen LogP contribution in [0, 0.1) is 11.3 Å². The van der Waals surface area contributed by atoms with Gasteiger partial charge in [0.25, 0.3) is 0 Å². The van der Waals surface area contributed by atoms with Crippen LogP contribution in [-0.2, 0) is 13.0 Å². The summed E-state index contributed by atoms with van der Waals surface area (Å²) < 4.78 is 2.24. The summed E-state index contributed by atoms with van der Waals surface area (Å²) in [5, 5.41) is 8.96. The Kier molecular flexibility index (Phi) is 2.28. The first-order valence-electron chi connectivity index (χ1n) is 5.23. The summed E-state index contributed by atoms with van der Waals surface area (Å²) in [6, 6.07) is 2.20. The van der Waals surface area contributed by atoms with E-state index >= 15 is 0 Å². The third kappa shape index (κ3) is 1.31. The minimum atomic E-state index is 0.411. The molecule has 0 radical (unpaired) electrons. The zero-order valence-electron chi connectivity index (χ0n) is 8.75. The van der Waals surface area contributed by atoms with Gasteiger partial charge in [-0.05, 0) is 19.3 Å². The number of nitriles is 1. The Morgan fingerprint density at radius 1 is 1.43 bits per heavy atom. The molecule has 0 bridgehead atoms. The number of rotatable bonds is 1. The molecule has 0 aromatic carbocycles. The molecule has 14 heavy (non-hydrogen) atoms. The van der Waals surface area contributed by atoms with E-state index in [0.29, 0.717) is 11.6 Å². The van der Waals surface area contributed by atoms with Crippen LogP contribution in [0.4, 0.5) is 0 Å².